The minimum Gasteiger partial charge on any atom is -0.493 e. The average molecular weight is 421 g/mol. The van der Waals surface area contributed by atoms with Crippen LogP contribution in [0.5, 0.6) is 11.5 Å². The van der Waals surface area contributed by atoms with Crippen molar-refractivity contribution in [2.45, 2.75) is 39.2 Å². The number of ether oxygens (including phenoxy) is 3. The van der Waals surface area contributed by atoms with Crippen molar-refractivity contribution in [3.8, 4) is 11.5 Å². The Balaban J connectivity index is 1.73. The Morgan fingerprint density at radius 2 is 1.70 bits per heavy atom. The molecule has 0 aliphatic heterocycles. The largest absolute Gasteiger partial charge is 0.493 e. The molecule has 162 valence electrons. The summed E-state index contributed by atoms with van der Waals surface area (Å²) < 4.78 is 39.5. The summed E-state index contributed by atoms with van der Waals surface area (Å²) in [5.74, 6) is -0.844. The lowest BCUT2D eigenvalue weighted by Gasteiger charge is -2.19. The highest BCUT2D eigenvalue weighted by molar-refractivity contribution is 5.94. The summed E-state index contributed by atoms with van der Waals surface area (Å²) in [7, 11) is 0. The highest BCUT2D eigenvalue weighted by Gasteiger charge is 2.14. The average Bonchev–Trinajstić information content (AvgIpc) is 2.67. The standard InChI is InChI=1S/C22H25F2NO5/c1-22(2,3)15-8-10-16(11-9-15)28-13-12-20(27)29-14-19(26)25-17-6-4-5-7-18(17)30-21(23)24/h4-11,21H,12-14H2,1-3H3,(H,25,26). The number of esters is 1. The normalized spacial score (nSPS) is 11.1. The molecule has 0 atom stereocenters. The summed E-state index contributed by atoms with van der Waals surface area (Å²) in [4.78, 5) is 23.7. The fourth-order valence-electron chi connectivity index (χ4n) is 2.48. The molecule has 0 heterocycles. The number of amides is 1. The van der Waals surface area contributed by atoms with Crippen molar-refractivity contribution in [2.24, 2.45) is 0 Å². The summed E-state index contributed by atoms with van der Waals surface area (Å²) in [5.41, 5.74) is 1.26. The van der Waals surface area contributed by atoms with E-state index in [1.807, 2.05) is 24.3 Å². The lowest BCUT2D eigenvalue weighted by atomic mass is 9.87. The third-order valence-electron chi connectivity index (χ3n) is 4.04. The van der Waals surface area contributed by atoms with Crippen LogP contribution in [0.4, 0.5) is 14.5 Å². The van der Waals surface area contributed by atoms with E-state index in [0.29, 0.717) is 5.75 Å². The van der Waals surface area contributed by atoms with E-state index in [-0.39, 0.29) is 29.9 Å². The van der Waals surface area contributed by atoms with Crippen molar-refractivity contribution in [1.29, 1.82) is 0 Å². The number of halogens is 2. The fraction of sp³-hybridized carbons (Fsp3) is 0.364. The van der Waals surface area contributed by atoms with Gasteiger partial charge in [0.25, 0.3) is 5.91 Å². The van der Waals surface area contributed by atoms with Crippen molar-refractivity contribution in [2.75, 3.05) is 18.5 Å². The molecule has 0 radical (unpaired) electrons. The van der Waals surface area contributed by atoms with Crippen LogP contribution in [0.1, 0.15) is 32.8 Å². The van der Waals surface area contributed by atoms with E-state index >= 15 is 0 Å². The van der Waals surface area contributed by atoms with Gasteiger partial charge < -0.3 is 19.5 Å². The van der Waals surface area contributed by atoms with Crippen LogP contribution in [0.15, 0.2) is 48.5 Å². The molecule has 8 heteroatoms. The summed E-state index contributed by atoms with van der Waals surface area (Å²) in [6.07, 6.45) is -0.0423. The van der Waals surface area contributed by atoms with E-state index < -0.39 is 25.1 Å². The van der Waals surface area contributed by atoms with Gasteiger partial charge in [-0.3, -0.25) is 9.59 Å². The van der Waals surface area contributed by atoms with Gasteiger partial charge in [-0.2, -0.15) is 8.78 Å². The molecule has 30 heavy (non-hydrogen) atoms. The van der Waals surface area contributed by atoms with E-state index in [4.69, 9.17) is 9.47 Å². The van der Waals surface area contributed by atoms with Gasteiger partial charge in [-0.05, 0) is 35.2 Å². The Hall–Kier alpha value is -3.16. The lowest BCUT2D eigenvalue weighted by molar-refractivity contribution is -0.147. The number of carbonyl (C=O) groups is 2. The quantitative estimate of drug-likeness (QED) is 0.602. The van der Waals surface area contributed by atoms with Gasteiger partial charge in [0, 0.05) is 0 Å². The highest BCUT2D eigenvalue weighted by Crippen LogP contribution is 2.26. The maximum Gasteiger partial charge on any atom is 0.387 e. The summed E-state index contributed by atoms with van der Waals surface area (Å²) >= 11 is 0. The zero-order valence-corrected chi connectivity index (χ0v) is 17.1. The summed E-state index contributed by atoms with van der Waals surface area (Å²) in [6, 6.07) is 13.3. The highest BCUT2D eigenvalue weighted by atomic mass is 19.3. The van der Waals surface area contributed by atoms with Crippen LogP contribution in [0.25, 0.3) is 0 Å². The zero-order valence-electron chi connectivity index (χ0n) is 17.1. The minimum absolute atomic E-state index is 0.0367. The third-order valence-corrected chi connectivity index (χ3v) is 4.04. The van der Waals surface area contributed by atoms with Crippen LogP contribution in [0.2, 0.25) is 0 Å². The molecule has 0 aliphatic carbocycles. The molecular formula is C22H25F2NO5. The Bertz CT molecular complexity index is 847. The molecule has 2 aromatic carbocycles. The number of para-hydroxylation sites is 2. The first-order chi connectivity index (χ1) is 14.1. The maximum atomic E-state index is 12.4. The smallest absolute Gasteiger partial charge is 0.387 e. The van der Waals surface area contributed by atoms with Gasteiger partial charge in [-0.25, -0.2) is 0 Å². The van der Waals surface area contributed by atoms with Crippen LogP contribution >= 0.6 is 0 Å². The van der Waals surface area contributed by atoms with Crippen LogP contribution in [-0.4, -0.2) is 31.7 Å². The van der Waals surface area contributed by atoms with E-state index in [1.54, 1.807) is 6.07 Å². The zero-order chi connectivity index (χ0) is 22.1. The second-order valence-electron chi connectivity index (χ2n) is 7.46. The number of benzene rings is 2. The SMILES string of the molecule is CC(C)(C)c1ccc(OCCC(=O)OCC(=O)Nc2ccccc2OC(F)F)cc1. The van der Waals surface area contributed by atoms with Gasteiger partial charge in [0.15, 0.2) is 6.61 Å². The van der Waals surface area contributed by atoms with Crippen molar-refractivity contribution >= 4 is 17.6 Å². The predicted molar refractivity (Wildman–Crippen MR) is 108 cm³/mol. The van der Waals surface area contributed by atoms with Crippen LogP contribution in [0.3, 0.4) is 0 Å². The first-order valence-corrected chi connectivity index (χ1v) is 9.38. The Morgan fingerprint density at radius 1 is 1.03 bits per heavy atom. The first-order valence-electron chi connectivity index (χ1n) is 9.38. The van der Waals surface area contributed by atoms with Crippen molar-refractivity contribution in [1.82, 2.24) is 0 Å². The first kappa shape index (κ1) is 23.1. The molecular weight excluding hydrogens is 396 g/mol. The minimum atomic E-state index is -3.02. The van der Waals surface area contributed by atoms with Crippen LogP contribution < -0.4 is 14.8 Å². The Morgan fingerprint density at radius 3 is 2.33 bits per heavy atom. The predicted octanol–water partition coefficient (Wildman–Crippen LogP) is 4.54. The van der Waals surface area contributed by atoms with Gasteiger partial charge in [0.2, 0.25) is 0 Å². The second-order valence-corrected chi connectivity index (χ2v) is 7.46. The van der Waals surface area contributed by atoms with Crippen molar-refractivity contribution in [3.05, 3.63) is 54.1 Å². The molecule has 0 aliphatic rings. The van der Waals surface area contributed by atoms with E-state index in [1.165, 1.54) is 23.8 Å². The molecule has 0 bridgehead atoms. The van der Waals surface area contributed by atoms with E-state index in [0.717, 1.165) is 0 Å². The van der Waals surface area contributed by atoms with Crippen molar-refractivity contribution in [3.63, 3.8) is 0 Å². The molecule has 0 aromatic heterocycles. The third kappa shape index (κ3) is 7.69. The number of alkyl halides is 2. The van der Waals surface area contributed by atoms with E-state index in [9.17, 15) is 18.4 Å². The second kappa shape index (κ2) is 10.6. The van der Waals surface area contributed by atoms with Gasteiger partial charge >= 0.3 is 12.6 Å². The van der Waals surface area contributed by atoms with Crippen LogP contribution in [0, 0.1) is 0 Å². The number of rotatable bonds is 9. The molecule has 0 saturated carbocycles. The van der Waals surface area contributed by atoms with Crippen molar-refractivity contribution < 1.29 is 32.6 Å². The van der Waals surface area contributed by atoms with Gasteiger partial charge in [-0.15, -0.1) is 0 Å². The molecule has 1 N–H and O–H groups in total. The molecule has 0 saturated heterocycles. The van der Waals surface area contributed by atoms with E-state index in [2.05, 4.69) is 30.8 Å². The van der Waals surface area contributed by atoms with Gasteiger partial charge in [0.1, 0.15) is 11.5 Å². The molecule has 6 nitrogen and oxygen atoms in total. The lowest BCUT2D eigenvalue weighted by Crippen LogP contribution is -2.22. The fourth-order valence-corrected chi connectivity index (χ4v) is 2.48. The molecule has 0 unspecified atom stereocenters. The molecule has 1 amide bonds. The molecule has 0 spiro atoms. The molecule has 2 aromatic rings. The Labute approximate surface area is 174 Å². The molecule has 2 rings (SSSR count). The van der Waals surface area contributed by atoms with Gasteiger partial charge in [0.05, 0.1) is 18.7 Å². The monoisotopic (exact) mass is 421 g/mol. The van der Waals surface area contributed by atoms with Crippen LogP contribution in [-0.2, 0) is 19.7 Å². The molecule has 0 fully saturated rings. The Kier molecular flexibility index (Phi) is 8.15. The number of hydrogen-bond donors (Lipinski definition) is 1. The maximum absolute atomic E-state index is 12.4. The summed E-state index contributed by atoms with van der Waals surface area (Å²) in [5, 5.41) is 2.36. The summed E-state index contributed by atoms with van der Waals surface area (Å²) in [6.45, 7) is 2.85. The number of anilines is 1. The number of hydrogen-bond acceptors (Lipinski definition) is 5. The number of nitrogens with one attached hydrogen (secondary N) is 1. The van der Waals surface area contributed by atoms with Gasteiger partial charge in [-0.1, -0.05) is 45.0 Å². The number of carbonyl (C=O) groups excluding carboxylic acids is 2. The topological polar surface area (TPSA) is 73.9 Å².